The van der Waals surface area contributed by atoms with E-state index in [0.29, 0.717) is 6.04 Å². The number of aryl methyl sites for hydroxylation is 2. The Bertz CT molecular complexity index is 299. The fourth-order valence-electron chi connectivity index (χ4n) is 2.14. The Kier molecular flexibility index (Phi) is 1.71. The zero-order chi connectivity index (χ0) is 8.72. The van der Waals surface area contributed by atoms with Crippen LogP contribution in [0, 0.1) is 13.8 Å². The number of imidazole rings is 1. The van der Waals surface area contributed by atoms with Crippen LogP contribution in [0.1, 0.15) is 43.0 Å². The predicted molar refractivity (Wildman–Crippen MR) is 49.4 cm³/mol. The molecule has 2 heteroatoms. The number of nitrogens with zero attached hydrogens (tertiary/aromatic N) is 2. The van der Waals surface area contributed by atoms with Crippen molar-refractivity contribution >= 4 is 0 Å². The van der Waals surface area contributed by atoms with Crippen molar-refractivity contribution in [2.75, 3.05) is 0 Å². The van der Waals surface area contributed by atoms with Gasteiger partial charge in [0.15, 0.2) is 0 Å². The Hall–Kier alpha value is -0.790. The second kappa shape index (κ2) is 2.61. The first-order valence-electron chi connectivity index (χ1n) is 4.74. The Balaban J connectivity index is 2.54. The maximum absolute atomic E-state index is 4.56. The normalized spacial score (nSPS) is 22.4. The molecule has 2 rings (SSSR count). The molecule has 0 saturated carbocycles. The number of rotatable bonds is 0. The van der Waals surface area contributed by atoms with E-state index in [2.05, 4.69) is 30.3 Å². The van der Waals surface area contributed by atoms with Crippen LogP contribution in [0.25, 0.3) is 0 Å². The molecule has 0 spiro atoms. The maximum atomic E-state index is 4.56. The van der Waals surface area contributed by atoms with Gasteiger partial charge >= 0.3 is 0 Å². The summed E-state index contributed by atoms with van der Waals surface area (Å²) < 4.78 is 2.40. The third-order valence-electron chi connectivity index (χ3n) is 2.92. The highest BCUT2D eigenvalue weighted by Crippen LogP contribution is 2.26. The molecule has 66 valence electrons. The maximum Gasteiger partial charge on any atom is 0.109 e. The first-order chi connectivity index (χ1) is 5.70. The van der Waals surface area contributed by atoms with E-state index in [-0.39, 0.29) is 0 Å². The topological polar surface area (TPSA) is 17.8 Å². The van der Waals surface area contributed by atoms with E-state index in [1.165, 1.54) is 36.5 Å². The van der Waals surface area contributed by atoms with E-state index in [4.69, 9.17) is 0 Å². The molecule has 1 atom stereocenters. The van der Waals surface area contributed by atoms with Gasteiger partial charge in [-0.15, -0.1) is 0 Å². The lowest BCUT2D eigenvalue weighted by Gasteiger charge is -2.22. The fraction of sp³-hybridized carbons (Fsp3) is 0.700. The molecule has 1 aliphatic heterocycles. The summed E-state index contributed by atoms with van der Waals surface area (Å²) in [5.74, 6) is 1.30. The first kappa shape index (κ1) is 7.84. The Labute approximate surface area is 73.6 Å². The lowest BCUT2D eigenvalue weighted by Crippen LogP contribution is -2.16. The summed E-state index contributed by atoms with van der Waals surface area (Å²) in [4.78, 5) is 4.56. The van der Waals surface area contributed by atoms with Gasteiger partial charge in [-0.05, 0) is 33.6 Å². The first-order valence-corrected chi connectivity index (χ1v) is 4.74. The zero-order valence-electron chi connectivity index (χ0n) is 8.09. The third-order valence-corrected chi connectivity index (χ3v) is 2.92. The summed E-state index contributed by atoms with van der Waals surface area (Å²) in [6.45, 7) is 6.57. The van der Waals surface area contributed by atoms with Crippen LogP contribution in [0.5, 0.6) is 0 Å². The third kappa shape index (κ3) is 0.977. The highest BCUT2D eigenvalue weighted by atomic mass is 15.1. The van der Waals surface area contributed by atoms with Crippen LogP contribution in [0.15, 0.2) is 0 Å². The molecular weight excluding hydrogens is 148 g/mol. The van der Waals surface area contributed by atoms with Gasteiger partial charge in [0, 0.05) is 18.2 Å². The molecule has 2 nitrogen and oxygen atoms in total. The molecule has 2 heterocycles. The largest absolute Gasteiger partial charge is 0.329 e. The van der Waals surface area contributed by atoms with Gasteiger partial charge in [-0.25, -0.2) is 4.98 Å². The van der Waals surface area contributed by atoms with Gasteiger partial charge in [0.2, 0.25) is 0 Å². The lowest BCUT2D eigenvalue weighted by molar-refractivity contribution is 0.419. The molecule has 1 unspecified atom stereocenters. The number of hydrogen-bond donors (Lipinski definition) is 0. The van der Waals surface area contributed by atoms with Crippen LogP contribution in [0.3, 0.4) is 0 Å². The van der Waals surface area contributed by atoms with Gasteiger partial charge in [0.1, 0.15) is 5.82 Å². The molecule has 0 bridgehead atoms. The van der Waals surface area contributed by atoms with Crippen LogP contribution in [-0.2, 0) is 6.42 Å². The highest BCUT2D eigenvalue weighted by Gasteiger charge is 2.19. The van der Waals surface area contributed by atoms with Crippen molar-refractivity contribution in [2.24, 2.45) is 0 Å². The minimum absolute atomic E-state index is 0.662. The molecule has 0 saturated heterocycles. The highest BCUT2D eigenvalue weighted by molar-refractivity contribution is 5.16. The van der Waals surface area contributed by atoms with Crippen molar-refractivity contribution < 1.29 is 0 Å². The molecule has 0 amide bonds. The van der Waals surface area contributed by atoms with Crippen LogP contribution in [0.4, 0.5) is 0 Å². The van der Waals surface area contributed by atoms with Gasteiger partial charge in [0.05, 0.1) is 5.69 Å². The van der Waals surface area contributed by atoms with Crippen molar-refractivity contribution in [2.45, 2.75) is 46.1 Å². The second-order valence-electron chi connectivity index (χ2n) is 3.81. The van der Waals surface area contributed by atoms with Gasteiger partial charge in [-0.3, -0.25) is 0 Å². The average molecular weight is 164 g/mol. The van der Waals surface area contributed by atoms with E-state index in [1.54, 1.807) is 0 Å². The van der Waals surface area contributed by atoms with Crippen LogP contribution < -0.4 is 0 Å². The molecule has 0 radical (unpaired) electrons. The van der Waals surface area contributed by atoms with Gasteiger partial charge in [-0.2, -0.15) is 0 Å². The quantitative estimate of drug-likeness (QED) is 0.575. The van der Waals surface area contributed by atoms with Crippen molar-refractivity contribution in [3.8, 4) is 0 Å². The molecule has 1 aliphatic rings. The van der Waals surface area contributed by atoms with Crippen molar-refractivity contribution in [1.29, 1.82) is 0 Å². The molecular formula is C10H16N2. The average Bonchev–Trinajstić information content (AvgIpc) is 2.29. The van der Waals surface area contributed by atoms with E-state index >= 15 is 0 Å². The molecule has 0 aromatic carbocycles. The molecule has 0 fully saturated rings. The lowest BCUT2D eigenvalue weighted by atomic mass is 10.1. The Morgan fingerprint density at radius 1 is 1.42 bits per heavy atom. The molecule has 0 N–H and O–H groups in total. The summed E-state index contributed by atoms with van der Waals surface area (Å²) in [7, 11) is 0. The van der Waals surface area contributed by atoms with Crippen molar-refractivity contribution in [3.63, 3.8) is 0 Å². The van der Waals surface area contributed by atoms with Crippen LogP contribution in [-0.4, -0.2) is 9.55 Å². The molecule has 12 heavy (non-hydrogen) atoms. The van der Waals surface area contributed by atoms with E-state index < -0.39 is 0 Å². The number of aromatic nitrogens is 2. The van der Waals surface area contributed by atoms with E-state index in [0.717, 1.165) is 0 Å². The smallest absolute Gasteiger partial charge is 0.109 e. The summed E-state index contributed by atoms with van der Waals surface area (Å²) in [5.41, 5.74) is 2.57. The fourth-order valence-corrected chi connectivity index (χ4v) is 2.14. The minimum atomic E-state index is 0.662. The zero-order valence-corrected chi connectivity index (χ0v) is 8.09. The molecule has 0 aliphatic carbocycles. The molecule has 1 aromatic heterocycles. The summed E-state index contributed by atoms with van der Waals surface area (Å²) in [6.07, 6.45) is 3.78. The number of hydrogen-bond acceptors (Lipinski definition) is 1. The Morgan fingerprint density at radius 3 is 2.83 bits per heavy atom. The van der Waals surface area contributed by atoms with Gasteiger partial charge < -0.3 is 4.57 Å². The SMILES string of the molecule is Cc1nc2n(c1C)C(C)CCC2. The van der Waals surface area contributed by atoms with Gasteiger partial charge in [0.25, 0.3) is 0 Å². The summed E-state index contributed by atoms with van der Waals surface area (Å²) >= 11 is 0. The predicted octanol–water partition coefficient (Wildman–Crippen LogP) is 2.40. The Morgan fingerprint density at radius 2 is 2.17 bits per heavy atom. The van der Waals surface area contributed by atoms with Crippen LogP contribution in [0.2, 0.25) is 0 Å². The summed E-state index contributed by atoms with van der Waals surface area (Å²) in [6, 6.07) is 0.662. The minimum Gasteiger partial charge on any atom is -0.329 e. The monoisotopic (exact) mass is 164 g/mol. The van der Waals surface area contributed by atoms with E-state index in [1.807, 2.05) is 0 Å². The van der Waals surface area contributed by atoms with Crippen LogP contribution >= 0.6 is 0 Å². The van der Waals surface area contributed by atoms with Crippen molar-refractivity contribution in [3.05, 3.63) is 17.2 Å². The van der Waals surface area contributed by atoms with Gasteiger partial charge in [-0.1, -0.05) is 0 Å². The summed E-state index contributed by atoms with van der Waals surface area (Å²) in [5, 5.41) is 0. The molecule has 1 aromatic rings. The van der Waals surface area contributed by atoms with E-state index in [9.17, 15) is 0 Å². The van der Waals surface area contributed by atoms with Crippen molar-refractivity contribution in [1.82, 2.24) is 9.55 Å². The second-order valence-corrected chi connectivity index (χ2v) is 3.81. The standard InChI is InChI=1S/C10H16N2/c1-7-5-4-6-10-11-8(2)9(3)12(7)10/h7H,4-6H2,1-3H3. The number of fused-ring (bicyclic) bond motifs is 1.